The summed E-state index contributed by atoms with van der Waals surface area (Å²) in [5.74, 6) is -0.822. The number of amides is 1. The van der Waals surface area contributed by atoms with Crippen molar-refractivity contribution in [2.45, 2.75) is 25.6 Å². The summed E-state index contributed by atoms with van der Waals surface area (Å²) in [4.78, 5) is 16.8. The Labute approximate surface area is 180 Å². The van der Waals surface area contributed by atoms with E-state index in [2.05, 4.69) is 20.0 Å². The van der Waals surface area contributed by atoms with Gasteiger partial charge in [0.1, 0.15) is 5.69 Å². The van der Waals surface area contributed by atoms with E-state index in [0.717, 1.165) is 24.5 Å². The molecule has 162 valence electrons. The van der Waals surface area contributed by atoms with Gasteiger partial charge in [0.05, 0.1) is 18.7 Å². The van der Waals surface area contributed by atoms with Crippen molar-refractivity contribution in [3.05, 3.63) is 64.6 Å². The standard InChI is InChI=1S/C21H17ClF3N3O3/c22-15-5-3-13(4-6-15)17-7-14(9-27-20(17)30-11-12-1-2-12)19(29)26-10-16-8-18(31-28-16)21(23,24)25/h3-9,12H,1-2,10-11H2,(H,26,29). The number of pyridine rings is 1. The van der Waals surface area contributed by atoms with Crippen LogP contribution in [0.3, 0.4) is 0 Å². The molecule has 4 rings (SSSR count). The number of benzene rings is 1. The molecule has 1 fully saturated rings. The predicted molar refractivity (Wildman–Crippen MR) is 106 cm³/mol. The van der Waals surface area contributed by atoms with Gasteiger partial charge in [-0.05, 0) is 42.5 Å². The molecule has 2 heterocycles. The molecular weight excluding hydrogens is 435 g/mol. The second-order valence-corrected chi connectivity index (χ2v) is 7.64. The molecule has 1 aromatic carbocycles. The smallest absolute Gasteiger partial charge is 0.452 e. The SMILES string of the molecule is O=C(NCc1cc(C(F)(F)F)on1)c1cnc(OCC2CC2)c(-c2ccc(Cl)cc2)c1. The number of halogens is 4. The maximum atomic E-state index is 12.6. The lowest BCUT2D eigenvalue weighted by atomic mass is 10.0. The third kappa shape index (κ3) is 5.35. The minimum Gasteiger partial charge on any atom is -0.477 e. The topological polar surface area (TPSA) is 77.3 Å². The number of carbonyl (C=O) groups excluding carboxylic acids is 1. The lowest BCUT2D eigenvalue weighted by molar-refractivity contribution is -0.155. The molecule has 6 nitrogen and oxygen atoms in total. The molecule has 0 spiro atoms. The van der Waals surface area contributed by atoms with E-state index in [1.807, 2.05) is 0 Å². The molecule has 10 heteroatoms. The summed E-state index contributed by atoms with van der Waals surface area (Å²) in [5.41, 5.74) is 1.56. The summed E-state index contributed by atoms with van der Waals surface area (Å²) >= 11 is 5.97. The predicted octanol–water partition coefficient (Wildman–Crippen LogP) is 5.13. The van der Waals surface area contributed by atoms with E-state index in [9.17, 15) is 18.0 Å². The zero-order valence-corrected chi connectivity index (χ0v) is 16.8. The van der Waals surface area contributed by atoms with Gasteiger partial charge >= 0.3 is 6.18 Å². The summed E-state index contributed by atoms with van der Waals surface area (Å²) in [5, 5.41) is 6.41. The van der Waals surface area contributed by atoms with Crippen LogP contribution in [-0.2, 0) is 12.7 Å². The number of alkyl halides is 3. The van der Waals surface area contributed by atoms with Crippen molar-refractivity contribution in [2.75, 3.05) is 6.61 Å². The largest absolute Gasteiger partial charge is 0.477 e. The molecular formula is C21H17ClF3N3O3. The first-order valence-corrected chi connectivity index (χ1v) is 9.87. The maximum absolute atomic E-state index is 12.6. The highest BCUT2D eigenvalue weighted by Gasteiger charge is 2.36. The molecule has 1 aliphatic carbocycles. The Morgan fingerprint density at radius 2 is 1.97 bits per heavy atom. The molecule has 2 aromatic heterocycles. The minimum absolute atomic E-state index is 0.0454. The van der Waals surface area contributed by atoms with Crippen LogP contribution in [0.15, 0.2) is 47.1 Å². The average molecular weight is 452 g/mol. The molecule has 0 aliphatic heterocycles. The molecule has 0 atom stereocenters. The van der Waals surface area contributed by atoms with E-state index in [1.54, 1.807) is 30.3 Å². The Hall–Kier alpha value is -3.07. The maximum Gasteiger partial charge on any atom is 0.452 e. The van der Waals surface area contributed by atoms with Gasteiger partial charge in [-0.1, -0.05) is 28.9 Å². The Balaban J connectivity index is 1.51. The number of hydrogen-bond acceptors (Lipinski definition) is 5. The molecule has 1 amide bonds. The highest BCUT2D eigenvalue weighted by molar-refractivity contribution is 6.30. The van der Waals surface area contributed by atoms with Gasteiger partial charge in [-0.25, -0.2) is 4.98 Å². The second kappa shape index (κ2) is 8.58. The van der Waals surface area contributed by atoms with Crippen LogP contribution < -0.4 is 10.1 Å². The minimum atomic E-state index is -4.64. The Morgan fingerprint density at radius 3 is 2.61 bits per heavy atom. The zero-order chi connectivity index (χ0) is 22.0. The van der Waals surface area contributed by atoms with Crippen LogP contribution in [0.25, 0.3) is 11.1 Å². The van der Waals surface area contributed by atoms with Crippen LogP contribution in [0.4, 0.5) is 13.2 Å². The number of nitrogens with one attached hydrogen (secondary N) is 1. The third-order valence-corrected chi connectivity index (χ3v) is 4.94. The third-order valence-electron chi connectivity index (χ3n) is 4.69. The number of nitrogens with zero attached hydrogens (tertiary/aromatic N) is 2. The lowest BCUT2D eigenvalue weighted by Gasteiger charge is -2.12. The van der Waals surface area contributed by atoms with Gasteiger partial charge in [-0.2, -0.15) is 13.2 Å². The fourth-order valence-corrected chi connectivity index (χ4v) is 2.94. The van der Waals surface area contributed by atoms with Gasteiger partial charge in [0.15, 0.2) is 0 Å². The van der Waals surface area contributed by atoms with Crippen molar-refractivity contribution < 1.29 is 27.2 Å². The van der Waals surface area contributed by atoms with Gasteiger partial charge in [-0.3, -0.25) is 4.79 Å². The molecule has 31 heavy (non-hydrogen) atoms. The van der Waals surface area contributed by atoms with Crippen LogP contribution in [0.2, 0.25) is 5.02 Å². The Kier molecular flexibility index (Phi) is 5.86. The quantitative estimate of drug-likeness (QED) is 0.539. The van der Waals surface area contributed by atoms with Crippen molar-refractivity contribution in [2.24, 2.45) is 5.92 Å². The lowest BCUT2D eigenvalue weighted by Crippen LogP contribution is -2.23. The van der Waals surface area contributed by atoms with Crippen LogP contribution >= 0.6 is 11.6 Å². The second-order valence-electron chi connectivity index (χ2n) is 7.20. The van der Waals surface area contributed by atoms with Gasteiger partial charge in [0, 0.05) is 22.8 Å². The highest BCUT2D eigenvalue weighted by Crippen LogP contribution is 2.34. The molecule has 3 aromatic rings. The van der Waals surface area contributed by atoms with Crippen LogP contribution in [0, 0.1) is 5.92 Å². The molecule has 1 N–H and O–H groups in total. The van der Waals surface area contributed by atoms with Crippen molar-refractivity contribution in [1.82, 2.24) is 15.5 Å². The van der Waals surface area contributed by atoms with E-state index in [4.69, 9.17) is 16.3 Å². The van der Waals surface area contributed by atoms with E-state index < -0.39 is 17.8 Å². The van der Waals surface area contributed by atoms with Crippen molar-refractivity contribution in [1.29, 1.82) is 0 Å². The average Bonchev–Trinajstić information content (AvgIpc) is 3.44. The summed E-state index contributed by atoms with van der Waals surface area (Å²) < 4.78 is 47.9. The number of aromatic nitrogens is 2. The molecule has 0 radical (unpaired) electrons. The van der Waals surface area contributed by atoms with E-state index in [1.165, 1.54) is 6.20 Å². The number of hydrogen-bond donors (Lipinski definition) is 1. The molecule has 1 saturated carbocycles. The monoisotopic (exact) mass is 451 g/mol. The normalized spacial score (nSPS) is 13.8. The van der Waals surface area contributed by atoms with Crippen molar-refractivity contribution in [3.63, 3.8) is 0 Å². The molecule has 0 saturated heterocycles. The van der Waals surface area contributed by atoms with E-state index in [0.29, 0.717) is 29.0 Å². The first-order valence-electron chi connectivity index (χ1n) is 9.49. The fourth-order valence-electron chi connectivity index (χ4n) is 2.81. The first-order chi connectivity index (χ1) is 14.8. The number of rotatable bonds is 7. The van der Waals surface area contributed by atoms with Crippen molar-refractivity contribution in [3.8, 4) is 17.0 Å². The Morgan fingerprint density at radius 1 is 1.23 bits per heavy atom. The summed E-state index contributed by atoms with van der Waals surface area (Å²) in [6.07, 6.45) is -1.03. The van der Waals surface area contributed by atoms with Gasteiger partial charge in [0.2, 0.25) is 11.6 Å². The van der Waals surface area contributed by atoms with Crippen molar-refractivity contribution >= 4 is 17.5 Å². The molecule has 0 unspecified atom stereocenters. The number of carbonyl (C=O) groups is 1. The Bertz CT molecular complexity index is 1080. The first kappa shape index (κ1) is 21.2. The summed E-state index contributed by atoms with van der Waals surface area (Å²) in [6, 6.07) is 9.39. The summed E-state index contributed by atoms with van der Waals surface area (Å²) in [7, 11) is 0. The van der Waals surface area contributed by atoms with E-state index >= 15 is 0 Å². The summed E-state index contributed by atoms with van der Waals surface area (Å²) in [6.45, 7) is 0.321. The van der Waals surface area contributed by atoms with Gasteiger partial charge < -0.3 is 14.6 Å². The van der Waals surface area contributed by atoms with Gasteiger partial charge in [0.25, 0.3) is 5.91 Å². The highest BCUT2D eigenvalue weighted by atomic mass is 35.5. The number of ether oxygens (including phenoxy) is 1. The molecule has 1 aliphatic rings. The fraction of sp³-hybridized carbons (Fsp3) is 0.286. The van der Waals surface area contributed by atoms with Crippen LogP contribution in [0.5, 0.6) is 5.88 Å². The molecule has 0 bridgehead atoms. The van der Waals surface area contributed by atoms with Crippen LogP contribution in [0.1, 0.15) is 34.7 Å². The van der Waals surface area contributed by atoms with Crippen LogP contribution in [-0.4, -0.2) is 22.7 Å². The zero-order valence-electron chi connectivity index (χ0n) is 16.1. The van der Waals surface area contributed by atoms with Gasteiger partial charge in [-0.15, -0.1) is 0 Å². The van der Waals surface area contributed by atoms with E-state index in [-0.39, 0.29) is 17.8 Å².